The van der Waals surface area contributed by atoms with Crippen molar-refractivity contribution in [1.82, 2.24) is 19.8 Å². The first-order valence-electron chi connectivity index (χ1n) is 9.15. The van der Waals surface area contributed by atoms with Crippen LogP contribution < -0.4 is 10.1 Å². The summed E-state index contributed by atoms with van der Waals surface area (Å²) in [5, 5.41) is 6.69. The van der Waals surface area contributed by atoms with Gasteiger partial charge in [0.2, 0.25) is 27.6 Å². The molecular weight excluding hydrogens is 384 g/mol. The first kappa shape index (κ1) is 20.3. The van der Waals surface area contributed by atoms with Gasteiger partial charge < -0.3 is 14.6 Å². The second-order valence-electron chi connectivity index (χ2n) is 6.56. The number of carbonyl (C=O) groups excluding carboxylic acids is 1. The summed E-state index contributed by atoms with van der Waals surface area (Å²) in [4.78, 5) is 16.7. The second-order valence-corrected chi connectivity index (χ2v) is 8.81. The van der Waals surface area contributed by atoms with Gasteiger partial charge in [0.05, 0.1) is 25.3 Å². The Morgan fingerprint density at radius 1 is 1.36 bits per heavy atom. The van der Waals surface area contributed by atoms with E-state index in [4.69, 9.17) is 9.26 Å². The Kier molecular flexibility index (Phi) is 6.30. The summed E-state index contributed by atoms with van der Waals surface area (Å²) in [7, 11) is -1.69. The minimum absolute atomic E-state index is 0.0391. The number of sulfonamides is 1. The summed E-state index contributed by atoms with van der Waals surface area (Å²) in [6, 6.07) is 7.23. The Morgan fingerprint density at radius 3 is 2.79 bits per heavy atom. The van der Waals surface area contributed by atoms with E-state index in [-0.39, 0.29) is 36.6 Å². The molecule has 1 saturated heterocycles. The maximum atomic E-state index is 12.4. The number of piperidine rings is 1. The van der Waals surface area contributed by atoms with Gasteiger partial charge >= 0.3 is 0 Å². The van der Waals surface area contributed by atoms with Gasteiger partial charge in [-0.1, -0.05) is 5.16 Å². The zero-order chi connectivity index (χ0) is 20.1. The van der Waals surface area contributed by atoms with Gasteiger partial charge in [-0.25, -0.2) is 12.7 Å². The lowest BCUT2D eigenvalue weighted by molar-refractivity contribution is -0.126. The number of amides is 1. The first-order chi connectivity index (χ1) is 13.4. The molecule has 9 nitrogen and oxygen atoms in total. The van der Waals surface area contributed by atoms with E-state index in [1.165, 1.54) is 4.31 Å². The molecule has 1 atom stereocenters. The maximum Gasteiger partial charge on any atom is 0.246 e. The molecular formula is C18H24N4O5S. The third-order valence-corrected chi connectivity index (χ3v) is 6.59. The number of nitrogens with zero attached hydrogens (tertiary/aromatic N) is 3. The van der Waals surface area contributed by atoms with Crippen molar-refractivity contribution in [3.63, 3.8) is 0 Å². The highest BCUT2D eigenvalue weighted by atomic mass is 32.2. The minimum Gasteiger partial charge on any atom is -0.497 e. The van der Waals surface area contributed by atoms with E-state index in [0.717, 1.165) is 11.3 Å². The smallest absolute Gasteiger partial charge is 0.246 e. The van der Waals surface area contributed by atoms with Crippen molar-refractivity contribution in [3.05, 3.63) is 30.2 Å². The fraction of sp³-hybridized carbons (Fsp3) is 0.500. The number of hydrogen-bond donors (Lipinski definition) is 1. The van der Waals surface area contributed by atoms with Crippen LogP contribution in [0.25, 0.3) is 11.4 Å². The third kappa shape index (κ3) is 4.68. The SMILES string of the molecule is CCS(=O)(=O)N1CCC[C@@H](C(=O)NCc2nc(-c3ccc(OC)cc3)no2)C1. The Hall–Kier alpha value is -2.46. The fourth-order valence-corrected chi connectivity index (χ4v) is 4.26. The number of aromatic nitrogens is 2. The molecule has 1 aromatic heterocycles. The fourth-order valence-electron chi connectivity index (χ4n) is 3.08. The zero-order valence-electron chi connectivity index (χ0n) is 15.9. The molecule has 0 bridgehead atoms. The molecule has 152 valence electrons. The summed E-state index contributed by atoms with van der Waals surface area (Å²) in [5.41, 5.74) is 0.773. The lowest BCUT2D eigenvalue weighted by Gasteiger charge is -2.30. The van der Waals surface area contributed by atoms with Crippen LogP contribution in [-0.2, 0) is 21.4 Å². The zero-order valence-corrected chi connectivity index (χ0v) is 16.7. The van der Waals surface area contributed by atoms with E-state index < -0.39 is 10.0 Å². The largest absolute Gasteiger partial charge is 0.497 e. The maximum absolute atomic E-state index is 12.4. The Morgan fingerprint density at radius 2 is 2.11 bits per heavy atom. The summed E-state index contributed by atoms with van der Waals surface area (Å²) >= 11 is 0. The van der Waals surface area contributed by atoms with E-state index >= 15 is 0 Å². The van der Waals surface area contributed by atoms with Crippen molar-refractivity contribution < 1.29 is 22.5 Å². The van der Waals surface area contributed by atoms with Gasteiger partial charge in [-0.3, -0.25) is 4.79 Å². The molecule has 0 saturated carbocycles. The van der Waals surface area contributed by atoms with Crippen LogP contribution in [-0.4, -0.2) is 54.7 Å². The van der Waals surface area contributed by atoms with Gasteiger partial charge in [-0.2, -0.15) is 4.98 Å². The summed E-state index contributed by atoms with van der Waals surface area (Å²) in [5.74, 6) is 0.890. The van der Waals surface area contributed by atoms with Gasteiger partial charge in [0.15, 0.2) is 0 Å². The molecule has 0 aliphatic carbocycles. The molecule has 1 amide bonds. The summed E-state index contributed by atoms with van der Waals surface area (Å²) in [6.07, 6.45) is 1.32. The minimum atomic E-state index is -3.28. The van der Waals surface area contributed by atoms with Gasteiger partial charge in [0, 0.05) is 18.7 Å². The summed E-state index contributed by atoms with van der Waals surface area (Å²) in [6.45, 7) is 2.38. The molecule has 0 spiro atoms. The predicted octanol–water partition coefficient (Wildman–Crippen LogP) is 1.42. The van der Waals surface area contributed by atoms with Crippen molar-refractivity contribution in [2.75, 3.05) is 26.0 Å². The van der Waals surface area contributed by atoms with Crippen LogP contribution in [0.2, 0.25) is 0 Å². The molecule has 1 fully saturated rings. The normalized spacial score (nSPS) is 18.0. The average molecular weight is 408 g/mol. The Bertz CT molecular complexity index is 910. The Balaban J connectivity index is 1.57. The lowest BCUT2D eigenvalue weighted by atomic mass is 9.99. The number of hydrogen-bond acceptors (Lipinski definition) is 7. The molecule has 1 N–H and O–H groups in total. The summed E-state index contributed by atoms with van der Waals surface area (Å²) < 4.78 is 35.8. The van der Waals surface area contributed by atoms with E-state index in [0.29, 0.717) is 25.2 Å². The number of benzene rings is 1. The van der Waals surface area contributed by atoms with Crippen LogP contribution in [0, 0.1) is 5.92 Å². The van der Waals surface area contributed by atoms with Crippen LogP contribution in [0.15, 0.2) is 28.8 Å². The molecule has 2 heterocycles. The van der Waals surface area contributed by atoms with Crippen LogP contribution >= 0.6 is 0 Å². The third-order valence-electron chi connectivity index (χ3n) is 4.74. The van der Waals surface area contributed by atoms with Gasteiger partial charge in [-0.15, -0.1) is 0 Å². The predicted molar refractivity (Wildman–Crippen MR) is 102 cm³/mol. The molecule has 0 radical (unpaired) electrons. The van der Waals surface area contributed by atoms with Crippen molar-refractivity contribution in [2.45, 2.75) is 26.3 Å². The standard InChI is InChI=1S/C18H24N4O5S/c1-3-28(24,25)22-10-4-5-14(12-22)18(23)19-11-16-20-17(21-27-16)13-6-8-15(26-2)9-7-13/h6-9,14H,3-5,10-12H2,1-2H3,(H,19,23)/t14-/m1/s1. The average Bonchev–Trinajstić information content (AvgIpc) is 3.21. The van der Waals surface area contributed by atoms with E-state index in [1.807, 2.05) is 12.1 Å². The highest BCUT2D eigenvalue weighted by molar-refractivity contribution is 7.89. The molecule has 2 aromatic rings. The molecule has 3 rings (SSSR count). The monoisotopic (exact) mass is 408 g/mol. The topological polar surface area (TPSA) is 115 Å². The highest BCUT2D eigenvalue weighted by Crippen LogP contribution is 2.21. The molecule has 1 aliphatic heterocycles. The first-order valence-corrected chi connectivity index (χ1v) is 10.8. The van der Waals surface area contributed by atoms with E-state index in [1.54, 1.807) is 26.2 Å². The van der Waals surface area contributed by atoms with Crippen molar-refractivity contribution in [3.8, 4) is 17.1 Å². The number of nitrogens with one attached hydrogen (secondary N) is 1. The van der Waals surface area contributed by atoms with Crippen molar-refractivity contribution in [1.29, 1.82) is 0 Å². The number of carbonyl (C=O) groups is 1. The number of rotatable bonds is 7. The number of ether oxygens (including phenoxy) is 1. The molecule has 10 heteroatoms. The number of methoxy groups -OCH3 is 1. The van der Waals surface area contributed by atoms with Crippen LogP contribution in [0.4, 0.5) is 0 Å². The highest BCUT2D eigenvalue weighted by Gasteiger charge is 2.31. The second kappa shape index (κ2) is 8.70. The van der Waals surface area contributed by atoms with E-state index in [9.17, 15) is 13.2 Å². The van der Waals surface area contributed by atoms with Crippen LogP contribution in [0.3, 0.4) is 0 Å². The Labute approximate surface area is 164 Å². The van der Waals surface area contributed by atoms with Crippen molar-refractivity contribution >= 4 is 15.9 Å². The van der Waals surface area contributed by atoms with Gasteiger partial charge in [0.25, 0.3) is 0 Å². The van der Waals surface area contributed by atoms with Crippen LogP contribution in [0.5, 0.6) is 5.75 Å². The van der Waals surface area contributed by atoms with Crippen LogP contribution in [0.1, 0.15) is 25.7 Å². The van der Waals surface area contributed by atoms with Crippen molar-refractivity contribution in [2.24, 2.45) is 5.92 Å². The molecule has 1 aromatic carbocycles. The molecule has 0 unspecified atom stereocenters. The van der Waals surface area contributed by atoms with E-state index in [2.05, 4.69) is 15.5 Å². The quantitative estimate of drug-likeness (QED) is 0.737. The molecule has 1 aliphatic rings. The lowest BCUT2D eigenvalue weighted by Crippen LogP contribution is -2.45. The van der Waals surface area contributed by atoms with Gasteiger partial charge in [-0.05, 0) is 44.0 Å². The molecule has 28 heavy (non-hydrogen) atoms. The van der Waals surface area contributed by atoms with Gasteiger partial charge in [0.1, 0.15) is 5.75 Å².